The number of benzene rings is 4. The normalized spacial score (nSPS) is 20.3. The molecule has 0 spiro atoms. The van der Waals surface area contributed by atoms with Gasteiger partial charge in [-0.05, 0) is 89.9 Å². The van der Waals surface area contributed by atoms with Gasteiger partial charge in [0, 0.05) is 37.2 Å². The molecular weight excluding hydrogens is 512 g/mol. The Hall–Kier alpha value is -4.00. The van der Waals surface area contributed by atoms with Gasteiger partial charge in [0.15, 0.2) is 23.0 Å². The molecule has 3 aliphatic rings. The van der Waals surface area contributed by atoms with Crippen molar-refractivity contribution in [3.05, 3.63) is 106 Å². The van der Waals surface area contributed by atoms with Gasteiger partial charge in [0.05, 0.1) is 0 Å². The maximum absolute atomic E-state index is 11.1. The molecule has 6 nitrogen and oxygen atoms in total. The molecule has 4 aromatic carbocycles. The molecule has 7 rings (SSSR count). The smallest absolute Gasteiger partial charge is 0.165 e. The van der Waals surface area contributed by atoms with Crippen molar-refractivity contribution in [2.75, 3.05) is 26.2 Å². The second-order valence-electron chi connectivity index (χ2n) is 11.7. The zero-order valence-electron chi connectivity index (χ0n) is 23.3. The van der Waals surface area contributed by atoms with Crippen molar-refractivity contribution in [2.45, 2.75) is 44.2 Å². The van der Waals surface area contributed by atoms with Crippen LogP contribution in [-0.2, 0) is 19.3 Å². The van der Waals surface area contributed by atoms with Gasteiger partial charge in [0.1, 0.15) is 6.10 Å². The van der Waals surface area contributed by atoms with Crippen molar-refractivity contribution >= 4 is 0 Å². The first-order valence-electron chi connectivity index (χ1n) is 14.7. The number of nitrogens with zero attached hydrogens (tertiary/aromatic N) is 1. The summed E-state index contributed by atoms with van der Waals surface area (Å²) in [7, 11) is 0. The minimum atomic E-state index is -0.142. The third-order valence-corrected chi connectivity index (χ3v) is 9.10. The van der Waals surface area contributed by atoms with Crippen molar-refractivity contribution < 1.29 is 20.1 Å². The molecule has 4 aromatic rings. The number of hydrogen-bond acceptors (Lipinski definition) is 6. The fourth-order valence-corrected chi connectivity index (χ4v) is 7.20. The van der Waals surface area contributed by atoms with Gasteiger partial charge < -0.3 is 25.4 Å². The van der Waals surface area contributed by atoms with E-state index in [1.54, 1.807) is 6.07 Å². The molecule has 0 amide bonds. The Kier molecular flexibility index (Phi) is 6.60. The average Bonchev–Trinajstić information content (AvgIpc) is 3.19. The van der Waals surface area contributed by atoms with Crippen molar-refractivity contribution in [2.24, 2.45) is 0 Å². The number of aromatic hydroxyl groups is 3. The van der Waals surface area contributed by atoms with Gasteiger partial charge in [-0.1, -0.05) is 54.6 Å². The van der Waals surface area contributed by atoms with Crippen molar-refractivity contribution in [3.63, 3.8) is 0 Å². The van der Waals surface area contributed by atoms with E-state index in [1.807, 2.05) is 30.3 Å². The molecule has 0 saturated heterocycles. The van der Waals surface area contributed by atoms with E-state index in [4.69, 9.17) is 4.74 Å². The van der Waals surface area contributed by atoms with E-state index in [0.29, 0.717) is 12.3 Å². The van der Waals surface area contributed by atoms with Crippen LogP contribution in [0.4, 0.5) is 0 Å². The predicted octanol–water partition coefficient (Wildman–Crippen LogP) is 5.67. The second-order valence-corrected chi connectivity index (χ2v) is 11.7. The van der Waals surface area contributed by atoms with E-state index in [9.17, 15) is 15.3 Å². The first-order valence-corrected chi connectivity index (χ1v) is 14.7. The number of hydrogen-bond donors (Lipinski definition) is 4. The molecule has 2 heterocycles. The number of phenolic OH excluding ortho intramolecular Hbond substituents is 3. The van der Waals surface area contributed by atoms with Gasteiger partial charge in [0.25, 0.3) is 0 Å². The molecule has 41 heavy (non-hydrogen) atoms. The molecule has 2 aliphatic heterocycles. The Morgan fingerprint density at radius 1 is 0.902 bits per heavy atom. The lowest BCUT2D eigenvalue weighted by atomic mass is 9.76. The number of rotatable bonds is 5. The summed E-state index contributed by atoms with van der Waals surface area (Å²) in [4.78, 5) is 2.47. The fourth-order valence-electron chi connectivity index (χ4n) is 7.20. The third kappa shape index (κ3) is 4.61. The summed E-state index contributed by atoms with van der Waals surface area (Å²) in [5, 5.41) is 35.6. The van der Waals surface area contributed by atoms with Gasteiger partial charge in [-0.2, -0.15) is 0 Å². The predicted molar refractivity (Wildman–Crippen MR) is 160 cm³/mol. The van der Waals surface area contributed by atoms with E-state index >= 15 is 0 Å². The topological polar surface area (TPSA) is 85.2 Å². The lowest BCUT2D eigenvalue weighted by Gasteiger charge is -2.42. The molecule has 1 aliphatic carbocycles. The quantitative estimate of drug-likeness (QED) is 0.241. The van der Waals surface area contributed by atoms with Gasteiger partial charge in [0.2, 0.25) is 0 Å². The molecule has 0 saturated carbocycles. The van der Waals surface area contributed by atoms with E-state index in [2.05, 4.69) is 53.5 Å². The zero-order valence-corrected chi connectivity index (χ0v) is 23.3. The molecule has 3 atom stereocenters. The van der Waals surface area contributed by atoms with Gasteiger partial charge in [-0.3, -0.25) is 4.90 Å². The van der Waals surface area contributed by atoms with Crippen LogP contribution in [0.15, 0.2) is 72.8 Å². The maximum atomic E-state index is 11.1. The third-order valence-electron chi connectivity index (χ3n) is 9.10. The summed E-state index contributed by atoms with van der Waals surface area (Å²) in [5.41, 5.74) is 8.96. The molecule has 3 unspecified atom stereocenters. The molecule has 0 fully saturated rings. The maximum Gasteiger partial charge on any atom is 0.165 e. The van der Waals surface area contributed by atoms with Crippen LogP contribution in [-0.4, -0.2) is 52.5 Å². The zero-order chi connectivity index (χ0) is 28.1. The van der Waals surface area contributed by atoms with Crippen molar-refractivity contribution in [1.82, 2.24) is 10.2 Å². The number of fused-ring (bicyclic) bond motifs is 3. The lowest BCUT2D eigenvalue weighted by Crippen LogP contribution is -2.43. The summed E-state index contributed by atoms with van der Waals surface area (Å²) in [6.45, 7) is 5.42. The molecule has 0 aromatic heterocycles. The van der Waals surface area contributed by atoms with Crippen LogP contribution in [0.25, 0.3) is 11.1 Å². The van der Waals surface area contributed by atoms with Crippen LogP contribution < -0.4 is 10.1 Å². The molecule has 6 heteroatoms. The number of ether oxygens (including phenoxy) is 1. The Morgan fingerprint density at radius 2 is 1.76 bits per heavy atom. The largest absolute Gasteiger partial charge is 0.504 e. The average molecular weight is 549 g/mol. The standard InChI is InChI=1S/C35H36N2O4/c1-21(41-32-17-24-12-14-36-19-28(27(24)18-31(32)39)22-6-3-2-4-7-22)20-37-15-13-23-8-5-9-26-33(23)29(37)16-25-10-11-30(38)35(40)34(25)26/h2-11,17-18,21,28-29,36,38-40H,12-16,19-20H2,1H3. The fraction of sp³-hybridized carbons (Fsp3) is 0.314. The molecule has 4 N–H and O–H groups in total. The van der Waals surface area contributed by atoms with Crippen LogP contribution in [0.3, 0.4) is 0 Å². The monoisotopic (exact) mass is 548 g/mol. The van der Waals surface area contributed by atoms with Crippen LogP contribution in [0, 0.1) is 0 Å². The number of nitrogens with one attached hydrogen (secondary N) is 1. The summed E-state index contributed by atoms with van der Waals surface area (Å²) < 4.78 is 6.44. The first-order chi connectivity index (χ1) is 20.0. The molecule has 0 bridgehead atoms. The van der Waals surface area contributed by atoms with E-state index in [-0.39, 0.29) is 35.3 Å². The Labute approximate surface area is 240 Å². The summed E-state index contributed by atoms with van der Waals surface area (Å²) in [6.07, 6.45) is 2.42. The van der Waals surface area contributed by atoms with Crippen LogP contribution in [0.5, 0.6) is 23.0 Å². The van der Waals surface area contributed by atoms with Gasteiger partial charge in [-0.25, -0.2) is 0 Å². The summed E-state index contributed by atoms with van der Waals surface area (Å²) in [6, 6.07) is 24.4. The Bertz CT molecular complexity index is 1600. The highest BCUT2D eigenvalue weighted by molar-refractivity contribution is 5.82. The highest BCUT2D eigenvalue weighted by atomic mass is 16.5. The van der Waals surface area contributed by atoms with Crippen LogP contribution in [0.1, 0.15) is 52.3 Å². The van der Waals surface area contributed by atoms with Crippen LogP contribution >= 0.6 is 0 Å². The summed E-state index contributed by atoms with van der Waals surface area (Å²) in [5.74, 6) is 0.792. The van der Waals surface area contributed by atoms with Crippen molar-refractivity contribution in [1.29, 1.82) is 0 Å². The van der Waals surface area contributed by atoms with Gasteiger partial charge in [-0.15, -0.1) is 0 Å². The van der Waals surface area contributed by atoms with Crippen LogP contribution in [0.2, 0.25) is 0 Å². The van der Waals surface area contributed by atoms with Gasteiger partial charge >= 0.3 is 0 Å². The highest BCUT2D eigenvalue weighted by Gasteiger charge is 2.36. The Morgan fingerprint density at radius 3 is 2.61 bits per heavy atom. The van der Waals surface area contributed by atoms with Crippen molar-refractivity contribution in [3.8, 4) is 34.1 Å². The lowest BCUT2D eigenvalue weighted by molar-refractivity contribution is 0.103. The molecule has 210 valence electrons. The minimum Gasteiger partial charge on any atom is -0.504 e. The Balaban J connectivity index is 1.14. The summed E-state index contributed by atoms with van der Waals surface area (Å²) >= 11 is 0. The van der Waals surface area contributed by atoms with E-state index < -0.39 is 0 Å². The molecular formula is C35H36N2O4. The molecule has 0 radical (unpaired) electrons. The first kappa shape index (κ1) is 25.9. The highest BCUT2D eigenvalue weighted by Crippen LogP contribution is 2.50. The second kappa shape index (κ2) is 10.4. The van der Waals surface area contributed by atoms with E-state index in [0.717, 1.165) is 61.2 Å². The SMILES string of the molecule is CC(CN1CCc2cccc3c2C1Cc1ccc(O)c(O)c1-3)Oc1cc2c(cc1O)C(c1ccccc1)CNCC2. The minimum absolute atomic E-state index is 0.0356. The van der Waals surface area contributed by atoms with E-state index in [1.165, 1.54) is 22.3 Å². The number of phenols is 3.